The summed E-state index contributed by atoms with van der Waals surface area (Å²) in [6.45, 7) is 0. The van der Waals surface area contributed by atoms with Crippen LogP contribution >= 0.6 is 0 Å². The second-order valence-corrected chi connectivity index (χ2v) is 19.5. The topological polar surface area (TPSA) is 65.1 Å². The summed E-state index contributed by atoms with van der Waals surface area (Å²) in [5, 5.41) is 29.7. The first kappa shape index (κ1) is 29.0. The van der Waals surface area contributed by atoms with Gasteiger partial charge >= 0.3 is 0 Å². The Morgan fingerprint density at radius 1 is 0.545 bits per heavy atom. The van der Waals surface area contributed by atoms with Crippen molar-refractivity contribution in [3.05, 3.63) is 100 Å². The van der Waals surface area contributed by atoms with E-state index >= 15 is 0 Å². The maximum Gasteiger partial charge on any atom is 0.136 e. The van der Waals surface area contributed by atoms with Crippen LogP contribution in [0.4, 0.5) is 0 Å². The molecule has 8 aliphatic carbocycles. The van der Waals surface area contributed by atoms with E-state index in [0.29, 0.717) is 29.1 Å². The summed E-state index contributed by atoms with van der Waals surface area (Å²) < 4.78 is 9.01. The van der Waals surface area contributed by atoms with Crippen LogP contribution in [-0.4, -0.2) is 4.40 Å². The van der Waals surface area contributed by atoms with Crippen LogP contribution in [0.3, 0.4) is 0 Å². The standard InChI is InChI=1S/C51H39N3O/c52-22-32-16-40-48(46-29-10-24-7-25(11-29)9-28(8-24)44(32)46)38-14-27(26-5-6-37-36-3-1-2-4-42(36)55-43(37)18-26)15-39-49-41(54(40)50(38)39)17-33(23-53)45-30-12-34-19-35-13-31(47(45)49)21-51(34,35)20-30/h1-6,14-18,24-25,28-31,34-35H,7-13,19-21H2. The minimum Gasteiger partial charge on any atom is -0.456 e. The van der Waals surface area contributed by atoms with Gasteiger partial charge < -0.3 is 8.82 Å². The molecule has 55 heavy (non-hydrogen) atoms. The van der Waals surface area contributed by atoms with Gasteiger partial charge in [-0.2, -0.15) is 10.5 Å². The van der Waals surface area contributed by atoms with Gasteiger partial charge in [0.15, 0.2) is 0 Å². The maximum atomic E-state index is 11.0. The molecule has 8 aromatic rings. The number of nitriles is 2. The first-order chi connectivity index (χ1) is 27.1. The second-order valence-electron chi connectivity index (χ2n) is 19.5. The lowest BCUT2D eigenvalue weighted by Gasteiger charge is -2.48. The molecule has 0 aliphatic heterocycles. The lowest BCUT2D eigenvalue weighted by Crippen LogP contribution is -2.41. The third kappa shape index (κ3) is 3.25. The average molecular weight is 710 g/mol. The summed E-state index contributed by atoms with van der Waals surface area (Å²) in [5.41, 5.74) is 16.0. The number of nitrogens with zero attached hydrogens (tertiary/aromatic N) is 3. The van der Waals surface area contributed by atoms with Gasteiger partial charge in [0.1, 0.15) is 11.2 Å². The quantitative estimate of drug-likeness (QED) is 0.170. The van der Waals surface area contributed by atoms with Gasteiger partial charge in [0, 0.05) is 32.3 Å². The number of furan rings is 1. The number of hydrogen-bond acceptors (Lipinski definition) is 3. The molecule has 4 nitrogen and oxygen atoms in total. The first-order valence-electron chi connectivity index (χ1n) is 21.2. The fourth-order valence-electron chi connectivity index (χ4n) is 15.9. The molecule has 8 aliphatic rings. The van der Waals surface area contributed by atoms with Crippen molar-refractivity contribution in [2.45, 2.75) is 87.9 Å². The van der Waals surface area contributed by atoms with Crippen molar-refractivity contribution in [3.63, 3.8) is 0 Å². The van der Waals surface area contributed by atoms with Crippen LogP contribution in [0.25, 0.3) is 71.2 Å². The van der Waals surface area contributed by atoms with Gasteiger partial charge in [-0.3, -0.25) is 0 Å². The van der Waals surface area contributed by atoms with Crippen LogP contribution in [0.5, 0.6) is 0 Å². The highest BCUT2D eigenvalue weighted by Gasteiger charge is 2.66. The zero-order valence-corrected chi connectivity index (χ0v) is 30.8. The van der Waals surface area contributed by atoms with E-state index in [4.69, 9.17) is 4.42 Å². The van der Waals surface area contributed by atoms with Gasteiger partial charge in [-0.1, -0.05) is 24.3 Å². The zero-order valence-electron chi connectivity index (χ0n) is 30.8. The van der Waals surface area contributed by atoms with Crippen LogP contribution in [0, 0.1) is 51.7 Å². The Balaban J connectivity index is 1.11. The van der Waals surface area contributed by atoms with E-state index in [-0.39, 0.29) is 0 Å². The number of benzene rings is 5. The Morgan fingerprint density at radius 2 is 1.15 bits per heavy atom. The summed E-state index contributed by atoms with van der Waals surface area (Å²) in [6.07, 6.45) is 12.8. The van der Waals surface area contributed by atoms with Crippen LogP contribution in [-0.2, 0) is 0 Å². The molecule has 3 heterocycles. The SMILES string of the molecule is N#Cc1cc2c(c3c1C1CC4CC(C1)CC3C4)c1cc(-c3ccc4c(c3)oc3ccccc34)cc3c4c5c(c(C#N)cc4n2c13)C1CC2CC3CC5CC23C1. The van der Waals surface area contributed by atoms with E-state index in [1.807, 2.05) is 0 Å². The Labute approximate surface area is 318 Å². The number of rotatable bonds is 1. The monoisotopic (exact) mass is 709 g/mol. The summed E-state index contributed by atoms with van der Waals surface area (Å²) in [4.78, 5) is 0. The lowest BCUT2D eigenvalue weighted by atomic mass is 9.56. The molecule has 7 bridgehead atoms. The molecule has 5 fully saturated rings. The van der Waals surface area contributed by atoms with Gasteiger partial charge in [-0.05, 0) is 193 Å². The van der Waals surface area contributed by atoms with Crippen molar-refractivity contribution in [3.8, 4) is 23.3 Å². The van der Waals surface area contributed by atoms with Crippen LogP contribution in [0.1, 0.15) is 121 Å². The summed E-state index contributed by atoms with van der Waals surface area (Å²) >= 11 is 0. The Hall–Kier alpha value is -5.32. The van der Waals surface area contributed by atoms with E-state index in [9.17, 15) is 10.5 Å². The maximum absolute atomic E-state index is 11.0. The minimum atomic E-state index is 0.481. The molecule has 0 N–H and O–H groups in total. The molecule has 0 radical (unpaired) electrons. The first-order valence-corrected chi connectivity index (χ1v) is 21.2. The van der Waals surface area contributed by atoms with Crippen LogP contribution in [0.15, 0.2) is 71.1 Å². The Bertz CT molecular complexity index is 3200. The van der Waals surface area contributed by atoms with E-state index in [0.717, 1.165) is 56.7 Å². The smallest absolute Gasteiger partial charge is 0.136 e. The third-order valence-electron chi connectivity index (χ3n) is 17.4. The molecule has 5 aromatic carbocycles. The number of hydrogen-bond donors (Lipinski definition) is 0. The van der Waals surface area contributed by atoms with Crippen LogP contribution < -0.4 is 0 Å². The van der Waals surface area contributed by atoms with Gasteiger partial charge in [0.25, 0.3) is 0 Å². The normalized spacial score (nSPS) is 32.0. The van der Waals surface area contributed by atoms with Crippen molar-refractivity contribution in [1.29, 1.82) is 10.5 Å². The number of aromatic nitrogens is 1. The van der Waals surface area contributed by atoms with Crippen LogP contribution in [0.2, 0.25) is 0 Å². The third-order valence-corrected chi connectivity index (χ3v) is 17.4. The molecular weight excluding hydrogens is 671 g/mol. The van der Waals surface area contributed by atoms with E-state index in [1.54, 1.807) is 0 Å². The molecule has 264 valence electrons. The zero-order chi connectivity index (χ0) is 35.6. The molecular formula is C51H39N3O. The summed E-state index contributed by atoms with van der Waals surface area (Å²) in [6, 6.07) is 30.3. The average Bonchev–Trinajstić information content (AvgIpc) is 3.94. The molecule has 0 amide bonds. The molecule has 0 saturated heterocycles. The van der Waals surface area contributed by atoms with Crippen molar-refractivity contribution in [2.75, 3.05) is 0 Å². The minimum absolute atomic E-state index is 0.481. The Kier molecular flexibility index (Phi) is 4.95. The highest BCUT2D eigenvalue weighted by molar-refractivity contribution is 6.26. The summed E-state index contributed by atoms with van der Waals surface area (Å²) in [5.74, 6) is 5.22. The summed E-state index contributed by atoms with van der Waals surface area (Å²) in [7, 11) is 0. The highest BCUT2D eigenvalue weighted by Crippen LogP contribution is 2.76. The highest BCUT2D eigenvalue weighted by atomic mass is 16.3. The van der Waals surface area contributed by atoms with Gasteiger partial charge in [0.05, 0.1) is 39.8 Å². The van der Waals surface area contributed by atoms with Gasteiger partial charge in [0.2, 0.25) is 0 Å². The lowest BCUT2D eigenvalue weighted by molar-refractivity contribution is 0.00322. The predicted octanol–water partition coefficient (Wildman–Crippen LogP) is 12.9. The number of fused-ring (bicyclic) bond motifs is 15. The molecule has 7 unspecified atom stereocenters. The van der Waals surface area contributed by atoms with Crippen molar-refractivity contribution < 1.29 is 4.42 Å². The fourth-order valence-corrected chi connectivity index (χ4v) is 15.9. The number of para-hydroxylation sites is 1. The van der Waals surface area contributed by atoms with Crippen molar-refractivity contribution >= 4 is 60.0 Å². The van der Waals surface area contributed by atoms with Crippen molar-refractivity contribution in [2.24, 2.45) is 29.1 Å². The molecule has 1 spiro atoms. The molecule has 5 saturated carbocycles. The Morgan fingerprint density at radius 3 is 1.84 bits per heavy atom. The molecule has 4 heteroatoms. The molecule has 7 atom stereocenters. The van der Waals surface area contributed by atoms with Crippen molar-refractivity contribution in [1.82, 2.24) is 4.40 Å². The van der Waals surface area contributed by atoms with Gasteiger partial charge in [-0.15, -0.1) is 0 Å². The van der Waals surface area contributed by atoms with Gasteiger partial charge in [-0.25, -0.2) is 0 Å². The predicted molar refractivity (Wildman–Crippen MR) is 217 cm³/mol. The fraction of sp³-hybridized carbons (Fsp3) is 0.373. The largest absolute Gasteiger partial charge is 0.456 e. The van der Waals surface area contributed by atoms with E-state index in [1.165, 1.54) is 136 Å². The second kappa shape index (κ2) is 9.37. The van der Waals surface area contributed by atoms with E-state index in [2.05, 4.69) is 83.3 Å². The molecule has 3 aromatic heterocycles. The van der Waals surface area contributed by atoms with E-state index < -0.39 is 0 Å². The molecule has 16 rings (SSSR count).